The molecule has 1 aromatic rings. The van der Waals surface area contributed by atoms with Crippen molar-refractivity contribution in [2.75, 3.05) is 6.61 Å². The van der Waals surface area contributed by atoms with Crippen LogP contribution in [0.25, 0.3) is 0 Å². The van der Waals surface area contributed by atoms with Crippen LogP contribution in [0.3, 0.4) is 0 Å². The molecule has 0 radical (unpaired) electrons. The minimum absolute atomic E-state index is 0.211. The molecule has 0 fully saturated rings. The molecule has 102 valence electrons. The largest absolute Gasteiger partial charge is 0.492 e. The van der Waals surface area contributed by atoms with Crippen LogP contribution in [0.5, 0.6) is 5.75 Å². The van der Waals surface area contributed by atoms with Gasteiger partial charge < -0.3 is 4.74 Å². The van der Waals surface area contributed by atoms with Gasteiger partial charge in [0.1, 0.15) is 10.6 Å². The van der Waals surface area contributed by atoms with E-state index < -0.39 is 28.3 Å². The zero-order valence-electron chi connectivity index (χ0n) is 8.67. The molecular weight excluding hydrogens is 361 g/mol. The molecule has 0 atom stereocenters. The van der Waals surface area contributed by atoms with Gasteiger partial charge in [0.15, 0.2) is 0 Å². The van der Waals surface area contributed by atoms with E-state index in [0.717, 1.165) is 6.07 Å². The maximum atomic E-state index is 11.9. The first-order valence-electron chi connectivity index (χ1n) is 4.53. The quantitative estimate of drug-likeness (QED) is 0.762. The van der Waals surface area contributed by atoms with E-state index in [4.69, 9.17) is 15.4 Å². The maximum Gasteiger partial charge on any atom is 0.392 e. The van der Waals surface area contributed by atoms with Crippen molar-refractivity contribution in [2.45, 2.75) is 17.5 Å². The Morgan fingerprint density at radius 1 is 1.33 bits per heavy atom. The molecule has 9 heteroatoms. The SMILES string of the molecule is O=S(=O)(Cl)c1cc(Br)ccc1OCCC(F)(F)F. The molecule has 0 aromatic heterocycles. The average Bonchev–Trinajstić information content (AvgIpc) is 2.17. The number of hydrogen-bond donors (Lipinski definition) is 0. The van der Waals surface area contributed by atoms with Gasteiger partial charge in [-0.05, 0) is 18.2 Å². The van der Waals surface area contributed by atoms with Crippen LogP contribution in [0.2, 0.25) is 0 Å². The highest BCUT2D eigenvalue weighted by molar-refractivity contribution is 9.10. The summed E-state index contributed by atoms with van der Waals surface area (Å²) in [5, 5.41) is 0. The molecular formula is C9H7BrClF3O3S. The molecule has 0 aliphatic carbocycles. The fourth-order valence-corrected chi connectivity index (χ4v) is 2.58. The van der Waals surface area contributed by atoms with Gasteiger partial charge in [0, 0.05) is 15.2 Å². The Kier molecular flexibility index (Phi) is 4.90. The van der Waals surface area contributed by atoms with Crippen molar-refractivity contribution in [1.29, 1.82) is 0 Å². The highest BCUT2D eigenvalue weighted by atomic mass is 79.9. The van der Waals surface area contributed by atoms with E-state index >= 15 is 0 Å². The summed E-state index contributed by atoms with van der Waals surface area (Å²) in [6.07, 6.45) is -5.54. The summed E-state index contributed by atoms with van der Waals surface area (Å²) in [5.74, 6) is -0.211. The summed E-state index contributed by atoms with van der Waals surface area (Å²) in [6.45, 7) is -0.676. The van der Waals surface area contributed by atoms with Gasteiger partial charge in [-0.3, -0.25) is 0 Å². The second kappa shape index (κ2) is 5.66. The second-order valence-electron chi connectivity index (χ2n) is 3.24. The Morgan fingerprint density at radius 2 is 1.94 bits per heavy atom. The normalized spacial score (nSPS) is 12.5. The van der Waals surface area contributed by atoms with Crippen molar-refractivity contribution < 1.29 is 26.3 Å². The molecule has 0 amide bonds. The van der Waals surface area contributed by atoms with Gasteiger partial charge in [0.05, 0.1) is 13.0 Å². The first-order chi connectivity index (χ1) is 8.09. The fourth-order valence-electron chi connectivity index (χ4n) is 1.07. The van der Waals surface area contributed by atoms with Crippen molar-refractivity contribution in [1.82, 2.24) is 0 Å². The Hall–Kier alpha value is -0.470. The lowest BCUT2D eigenvalue weighted by molar-refractivity contribution is -0.139. The molecule has 1 aromatic carbocycles. The minimum Gasteiger partial charge on any atom is -0.492 e. The summed E-state index contributed by atoms with van der Waals surface area (Å²) in [5.41, 5.74) is 0. The predicted molar refractivity (Wildman–Crippen MR) is 63.3 cm³/mol. The van der Waals surface area contributed by atoms with E-state index in [0.29, 0.717) is 4.47 Å². The van der Waals surface area contributed by atoms with E-state index in [1.165, 1.54) is 12.1 Å². The molecule has 0 saturated heterocycles. The van der Waals surface area contributed by atoms with Crippen LogP contribution >= 0.6 is 26.6 Å². The Morgan fingerprint density at radius 3 is 2.44 bits per heavy atom. The zero-order valence-corrected chi connectivity index (χ0v) is 11.8. The van der Waals surface area contributed by atoms with Crippen molar-refractivity contribution in [3.8, 4) is 5.75 Å². The number of hydrogen-bond acceptors (Lipinski definition) is 3. The summed E-state index contributed by atoms with van der Waals surface area (Å²) < 4.78 is 63.4. The highest BCUT2D eigenvalue weighted by Gasteiger charge is 2.27. The van der Waals surface area contributed by atoms with Crippen LogP contribution in [-0.2, 0) is 9.05 Å². The van der Waals surface area contributed by atoms with E-state index in [1.807, 2.05) is 0 Å². The summed E-state index contributed by atoms with van der Waals surface area (Å²) in [4.78, 5) is -0.374. The predicted octanol–water partition coefficient (Wildman–Crippen LogP) is 3.71. The molecule has 0 saturated carbocycles. The summed E-state index contributed by atoms with van der Waals surface area (Å²) >= 11 is 3.03. The van der Waals surface area contributed by atoms with Crippen LogP contribution in [0.4, 0.5) is 13.2 Å². The third kappa shape index (κ3) is 5.03. The number of rotatable bonds is 4. The van der Waals surface area contributed by atoms with Crippen LogP contribution in [0, 0.1) is 0 Å². The lowest BCUT2D eigenvalue weighted by Gasteiger charge is -2.11. The number of alkyl halides is 3. The molecule has 0 heterocycles. The van der Waals surface area contributed by atoms with Gasteiger partial charge in [-0.1, -0.05) is 15.9 Å². The van der Waals surface area contributed by atoms with Gasteiger partial charge >= 0.3 is 6.18 Å². The van der Waals surface area contributed by atoms with Crippen molar-refractivity contribution in [2.24, 2.45) is 0 Å². The molecule has 0 N–H and O–H groups in total. The smallest absolute Gasteiger partial charge is 0.392 e. The van der Waals surface area contributed by atoms with Gasteiger partial charge in [-0.2, -0.15) is 13.2 Å². The number of halogens is 5. The Labute approximate surface area is 114 Å². The van der Waals surface area contributed by atoms with Crippen LogP contribution in [0.15, 0.2) is 27.6 Å². The molecule has 3 nitrogen and oxygen atoms in total. The standard InChI is InChI=1S/C9H7BrClF3O3S/c10-6-1-2-7(8(5-6)18(11,15)16)17-4-3-9(12,13)14/h1-2,5H,3-4H2. The van der Waals surface area contributed by atoms with E-state index in [-0.39, 0.29) is 10.6 Å². The third-order valence-corrected chi connectivity index (χ3v) is 3.65. The van der Waals surface area contributed by atoms with E-state index in [1.54, 1.807) is 0 Å². The molecule has 0 bridgehead atoms. The second-order valence-corrected chi connectivity index (χ2v) is 6.69. The number of ether oxygens (including phenoxy) is 1. The van der Waals surface area contributed by atoms with Crippen molar-refractivity contribution >= 4 is 35.7 Å². The summed E-state index contributed by atoms with van der Waals surface area (Å²) in [6, 6.07) is 3.83. The highest BCUT2D eigenvalue weighted by Crippen LogP contribution is 2.30. The fraction of sp³-hybridized carbons (Fsp3) is 0.333. The van der Waals surface area contributed by atoms with Crippen LogP contribution in [0.1, 0.15) is 6.42 Å². The van der Waals surface area contributed by atoms with Crippen molar-refractivity contribution in [3.63, 3.8) is 0 Å². The minimum atomic E-state index is -4.37. The molecule has 18 heavy (non-hydrogen) atoms. The average molecular weight is 368 g/mol. The zero-order chi connectivity index (χ0) is 14.0. The molecule has 0 aliphatic heterocycles. The van der Waals surface area contributed by atoms with E-state index in [9.17, 15) is 21.6 Å². The van der Waals surface area contributed by atoms with E-state index in [2.05, 4.69) is 15.9 Å². The monoisotopic (exact) mass is 366 g/mol. The summed E-state index contributed by atoms with van der Waals surface area (Å²) in [7, 11) is 1.07. The molecule has 0 unspecified atom stereocenters. The van der Waals surface area contributed by atoms with Crippen molar-refractivity contribution in [3.05, 3.63) is 22.7 Å². The number of benzene rings is 1. The first-order valence-corrected chi connectivity index (χ1v) is 7.63. The lowest BCUT2D eigenvalue weighted by atomic mass is 10.3. The third-order valence-electron chi connectivity index (χ3n) is 1.81. The first kappa shape index (κ1) is 15.6. The van der Waals surface area contributed by atoms with Gasteiger partial charge in [0.25, 0.3) is 9.05 Å². The molecule has 0 aliphatic rings. The Bertz CT molecular complexity index is 530. The van der Waals surface area contributed by atoms with Gasteiger partial charge in [-0.15, -0.1) is 0 Å². The van der Waals surface area contributed by atoms with Crippen LogP contribution in [-0.4, -0.2) is 21.2 Å². The maximum absolute atomic E-state index is 11.9. The molecule has 0 spiro atoms. The lowest BCUT2D eigenvalue weighted by Crippen LogP contribution is -2.13. The molecule has 1 rings (SSSR count). The van der Waals surface area contributed by atoms with Gasteiger partial charge in [-0.25, -0.2) is 8.42 Å². The topological polar surface area (TPSA) is 43.4 Å². The van der Waals surface area contributed by atoms with Gasteiger partial charge in [0.2, 0.25) is 0 Å². The Balaban J connectivity index is 2.90. The van der Waals surface area contributed by atoms with Crippen LogP contribution < -0.4 is 4.74 Å².